The lowest BCUT2D eigenvalue weighted by molar-refractivity contribution is -0.114. The fraction of sp³-hybridized carbons (Fsp3) is 0.174. The number of hydrogen-bond acceptors (Lipinski definition) is 3. The lowest BCUT2D eigenvalue weighted by Gasteiger charge is -2.24. The minimum absolute atomic E-state index is 0.140. The van der Waals surface area contributed by atoms with Crippen LogP contribution in [0.15, 0.2) is 77.7 Å². The summed E-state index contributed by atoms with van der Waals surface area (Å²) in [6.07, 6.45) is 0.764. The summed E-state index contributed by atoms with van der Waals surface area (Å²) in [7, 11) is -3.91. The number of halogens is 1. The zero-order chi connectivity index (χ0) is 21.7. The SMILES string of the molecule is CCc1cccc(C)c1NC(=O)CN(c1ccc(I)cc1)S(=O)(=O)c1ccccc1. The van der Waals surface area contributed by atoms with Gasteiger partial charge in [0.25, 0.3) is 10.0 Å². The Balaban J connectivity index is 1.96. The number of amides is 1. The van der Waals surface area contributed by atoms with Gasteiger partial charge >= 0.3 is 0 Å². The van der Waals surface area contributed by atoms with Crippen molar-refractivity contribution in [3.8, 4) is 0 Å². The highest BCUT2D eigenvalue weighted by Crippen LogP contribution is 2.26. The molecule has 0 bridgehead atoms. The summed E-state index contributed by atoms with van der Waals surface area (Å²) in [5, 5.41) is 2.92. The van der Waals surface area contributed by atoms with Gasteiger partial charge in [-0.05, 0) is 83.5 Å². The van der Waals surface area contributed by atoms with E-state index >= 15 is 0 Å². The molecule has 0 spiro atoms. The summed E-state index contributed by atoms with van der Waals surface area (Å²) >= 11 is 2.16. The summed E-state index contributed by atoms with van der Waals surface area (Å²) < 4.78 is 28.8. The van der Waals surface area contributed by atoms with E-state index in [4.69, 9.17) is 0 Å². The highest BCUT2D eigenvalue weighted by molar-refractivity contribution is 14.1. The van der Waals surface area contributed by atoms with Crippen LogP contribution < -0.4 is 9.62 Å². The van der Waals surface area contributed by atoms with Gasteiger partial charge in [-0.2, -0.15) is 0 Å². The highest BCUT2D eigenvalue weighted by atomic mass is 127. The molecule has 3 rings (SSSR count). The Morgan fingerprint density at radius 3 is 2.27 bits per heavy atom. The van der Waals surface area contributed by atoms with E-state index in [2.05, 4.69) is 27.9 Å². The van der Waals surface area contributed by atoms with Crippen LogP contribution >= 0.6 is 22.6 Å². The number of nitrogens with zero attached hydrogens (tertiary/aromatic N) is 1. The van der Waals surface area contributed by atoms with Crippen molar-refractivity contribution in [3.63, 3.8) is 0 Å². The molecule has 0 aliphatic heterocycles. The van der Waals surface area contributed by atoms with E-state index in [1.165, 1.54) is 12.1 Å². The predicted octanol–water partition coefficient (Wildman–Crippen LogP) is 5.00. The molecule has 0 saturated heterocycles. The van der Waals surface area contributed by atoms with Crippen LogP contribution in [-0.4, -0.2) is 20.9 Å². The highest BCUT2D eigenvalue weighted by Gasteiger charge is 2.27. The van der Waals surface area contributed by atoms with Crippen molar-refractivity contribution in [1.29, 1.82) is 0 Å². The molecular formula is C23H23IN2O3S. The number of carbonyl (C=O) groups is 1. The lowest BCUT2D eigenvalue weighted by atomic mass is 10.1. The average Bonchev–Trinajstić information content (AvgIpc) is 2.75. The van der Waals surface area contributed by atoms with Crippen molar-refractivity contribution in [1.82, 2.24) is 0 Å². The van der Waals surface area contributed by atoms with E-state index in [0.29, 0.717) is 5.69 Å². The molecule has 0 fully saturated rings. The van der Waals surface area contributed by atoms with Gasteiger partial charge in [-0.3, -0.25) is 9.10 Å². The molecule has 156 valence electrons. The molecule has 0 saturated carbocycles. The summed E-state index contributed by atoms with van der Waals surface area (Å²) in [5.41, 5.74) is 3.13. The maximum atomic E-state index is 13.3. The number of nitrogens with one attached hydrogen (secondary N) is 1. The van der Waals surface area contributed by atoms with Crippen LogP contribution in [0.4, 0.5) is 11.4 Å². The molecule has 0 unspecified atom stereocenters. The van der Waals surface area contributed by atoms with Gasteiger partial charge in [-0.15, -0.1) is 0 Å². The predicted molar refractivity (Wildman–Crippen MR) is 129 cm³/mol. The van der Waals surface area contributed by atoms with Crippen molar-refractivity contribution in [2.75, 3.05) is 16.2 Å². The van der Waals surface area contributed by atoms with Gasteiger partial charge in [-0.25, -0.2) is 8.42 Å². The van der Waals surface area contributed by atoms with Gasteiger partial charge in [0.2, 0.25) is 5.91 Å². The molecule has 0 aromatic heterocycles. The minimum Gasteiger partial charge on any atom is -0.324 e. The van der Waals surface area contributed by atoms with E-state index in [1.54, 1.807) is 30.3 Å². The number of benzene rings is 3. The van der Waals surface area contributed by atoms with E-state index in [-0.39, 0.29) is 11.4 Å². The third kappa shape index (κ3) is 5.02. The number of sulfonamides is 1. The molecule has 3 aromatic carbocycles. The quantitative estimate of drug-likeness (QED) is 0.435. The standard InChI is InChI=1S/C23H23IN2O3S/c1-3-18-9-7-8-17(2)23(18)25-22(27)16-26(20-14-12-19(24)13-15-20)30(28,29)21-10-5-4-6-11-21/h4-15H,3,16H2,1-2H3,(H,25,27). The van der Waals surface area contributed by atoms with Crippen molar-refractivity contribution >= 4 is 49.9 Å². The summed E-state index contributed by atoms with van der Waals surface area (Å²) in [6, 6.07) is 21.0. The Labute approximate surface area is 191 Å². The zero-order valence-corrected chi connectivity index (χ0v) is 19.8. The maximum Gasteiger partial charge on any atom is 0.264 e. The first-order valence-corrected chi connectivity index (χ1v) is 12.1. The van der Waals surface area contributed by atoms with Crippen molar-refractivity contribution in [3.05, 3.63) is 87.5 Å². The van der Waals surface area contributed by atoms with Gasteiger partial charge in [0.15, 0.2) is 0 Å². The Morgan fingerprint density at radius 2 is 1.63 bits per heavy atom. The third-order valence-electron chi connectivity index (χ3n) is 4.74. The van der Waals surface area contributed by atoms with E-state index in [1.807, 2.05) is 44.2 Å². The molecule has 0 atom stereocenters. The van der Waals surface area contributed by atoms with Crippen molar-refractivity contribution in [2.24, 2.45) is 0 Å². The van der Waals surface area contributed by atoms with E-state index < -0.39 is 15.9 Å². The second-order valence-corrected chi connectivity index (χ2v) is 9.92. The van der Waals surface area contributed by atoms with Gasteiger partial charge < -0.3 is 5.32 Å². The fourth-order valence-corrected chi connectivity index (χ4v) is 4.96. The van der Waals surface area contributed by atoms with Gasteiger partial charge in [-0.1, -0.05) is 43.3 Å². The smallest absolute Gasteiger partial charge is 0.264 e. The van der Waals surface area contributed by atoms with Crippen LogP contribution in [0.5, 0.6) is 0 Å². The van der Waals surface area contributed by atoms with Gasteiger partial charge in [0, 0.05) is 9.26 Å². The first-order valence-electron chi connectivity index (χ1n) is 9.54. The molecule has 5 nitrogen and oxygen atoms in total. The molecule has 30 heavy (non-hydrogen) atoms. The van der Waals surface area contributed by atoms with Crippen LogP contribution in [-0.2, 0) is 21.2 Å². The van der Waals surface area contributed by atoms with E-state index in [0.717, 1.165) is 31.1 Å². The van der Waals surface area contributed by atoms with Crippen LogP contribution in [0.1, 0.15) is 18.1 Å². The Bertz CT molecular complexity index is 1130. The van der Waals surface area contributed by atoms with Crippen molar-refractivity contribution in [2.45, 2.75) is 25.2 Å². The Hall–Kier alpha value is -2.39. The maximum absolute atomic E-state index is 13.3. The molecule has 7 heteroatoms. The molecule has 3 aromatic rings. The summed E-state index contributed by atoms with van der Waals surface area (Å²) in [5.74, 6) is -0.392. The molecule has 0 aliphatic carbocycles. The lowest BCUT2D eigenvalue weighted by Crippen LogP contribution is -2.38. The monoisotopic (exact) mass is 534 g/mol. The van der Waals surface area contributed by atoms with Gasteiger partial charge in [0.05, 0.1) is 10.6 Å². The first-order chi connectivity index (χ1) is 14.3. The van der Waals surface area contributed by atoms with Crippen LogP contribution in [0.2, 0.25) is 0 Å². The average molecular weight is 534 g/mol. The summed E-state index contributed by atoms with van der Waals surface area (Å²) in [6.45, 7) is 3.61. The number of hydrogen-bond donors (Lipinski definition) is 1. The molecule has 0 radical (unpaired) electrons. The molecule has 1 amide bonds. The second kappa shape index (κ2) is 9.61. The van der Waals surface area contributed by atoms with E-state index in [9.17, 15) is 13.2 Å². The molecule has 1 N–H and O–H groups in total. The topological polar surface area (TPSA) is 66.5 Å². The molecular weight excluding hydrogens is 511 g/mol. The molecule has 0 aliphatic rings. The largest absolute Gasteiger partial charge is 0.324 e. The van der Waals surface area contributed by atoms with Crippen LogP contribution in [0.25, 0.3) is 0 Å². The Kier molecular flexibility index (Phi) is 7.14. The first kappa shape index (κ1) is 22.3. The normalized spacial score (nSPS) is 11.2. The Morgan fingerprint density at radius 1 is 0.967 bits per heavy atom. The van der Waals surface area contributed by atoms with Crippen LogP contribution in [0, 0.1) is 10.5 Å². The van der Waals surface area contributed by atoms with Crippen molar-refractivity contribution < 1.29 is 13.2 Å². The van der Waals surface area contributed by atoms with Crippen LogP contribution in [0.3, 0.4) is 0 Å². The minimum atomic E-state index is -3.91. The zero-order valence-electron chi connectivity index (χ0n) is 16.8. The molecule has 0 heterocycles. The number of aryl methyl sites for hydroxylation is 2. The number of anilines is 2. The number of para-hydroxylation sites is 1. The second-order valence-electron chi connectivity index (χ2n) is 6.81. The third-order valence-corrected chi connectivity index (χ3v) is 7.24. The number of rotatable bonds is 7. The van der Waals surface area contributed by atoms with Gasteiger partial charge in [0.1, 0.15) is 6.54 Å². The summed E-state index contributed by atoms with van der Waals surface area (Å²) in [4.78, 5) is 13.1. The number of carbonyl (C=O) groups excluding carboxylic acids is 1. The fourth-order valence-electron chi connectivity index (χ4n) is 3.15.